The lowest BCUT2D eigenvalue weighted by Crippen LogP contribution is -2.52. The summed E-state index contributed by atoms with van der Waals surface area (Å²) in [5, 5.41) is 13.0. The molecular weight excluding hydrogens is 616 g/mol. The van der Waals surface area contributed by atoms with Crippen LogP contribution in [0.5, 0.6) is 0 Å². The summed E-state index contributed by atoms with van der Waals surface area (Å²) in [4.78, 5) is 59.3. The van der Waals surface area contributed by atoms with E-state index in [9.17, 15) is 24.3 Å². The Hall–Kier alpha value is -6.01. The molecular formula is C36H30N4O8. The number of carbonyl (C=O) groups is 3. The number of hydrazine groups is 1. The van der Waals surface area contributed by atoms with Gasteiger partial charge in [0.1, 0.15) is 19.8 Å². The minimum Gasteiger partial charge on any atom is -0.458 e. The van der Waals surface area contributed by atoms with Gasteiger partial charge in [0.25, 0.3) is 5.56 Å². The van der Waals surface area contributed by atoms with Crippen LogP contribution >= 0.6 is 0 Å². The van der Waals surface area contributed by atoms with Gasteiger partial charge in [-0.05, 0) is 35.7 Å². The number of esters is 1. The van der Waals surface area contributed by atoms with Gasteiger partial charge in [0.2, 0.25) is 0 Å². The molecule has 0 bridgehead atoms. The topological polar surface area (TPSA) is 149 Å². The third-order valence-corrected chi connectivity index (χ3v) is 8.57. The maximum Gasteiger partial charge on any atom is 0.431 e. The molecule has 1 unspecified atom stereocenters. The van der Waals surface area contributed by atoms with Crippen molar-refractivity contribution < 1.29 is 33.7 Å². The lowest BCUT2D eigenvalue weighted by molar-refractivity contribution is -0.172. The van der Waals surface area contributed by atoms with Crippen molar-refractivity contribution in [3.05, 3.63) is 135 Å². The van der Waals surface area contributed by atoms with E-state index in [4.69, 9.17) is 19.2 Å². The van der Waals surface area contributed by atoms with Crippen molar-refractivity contribution in [2.75, 3.05) is 0 Å². The summed E-state index contributed by atoms with van der Waals surface area (Å²) in [7, 11) is 0. The Labute approximate surface area is 274 Å². The average molecular weight is 647 g/mol. The third kappa shape index (κ3) is 5.31. The summed E-state index contributed by atoms with van der Waals surface area (Å²) in [5.41, 5.74) is 2.90. The normalized spacial score (nSPS) is 17.5. The number of aromatic nitrogens is 2. The summed E-state index contributed by atoms with van der Waals surface area (Å²) in [5.74, 6) is -0.864. The van der Waals surface area contributed by atoms with Crippen molar-refractivity contribution in [1.29, 1.82) is 0 Å². The van der Waals surface area contributed by atoms with Crippen LogP contribution in [0.25, 0.3) is 22.3 Å². The van der Waals surface area contributed by atoms with Crippen LogP contribution in [0, 0.1) is 0 Å². The van der Waals surface area contributed by atoms with Gasteiger partial charge in [0.15, 0.2) is 11.8 Å². The molecule has 0 saturated heterocycles. The van der Waals surface area contributed by atoms with E-state index in [1.807, 2.05) is 30.3 Å². The van der Waals surface area contributed by atoms with Gasteiger partial charge in [-0.1, -0.05) is 85.8 Å². The highest BCUT2D eigenvalue weighted by molar-refractivity contribution is 5.87. The van der Waals surface area contributed by atoms with Crippen molar-refractivity contribution in [3.63, 3.8) is 0 Å². The molecule has 7 rings (SSSR count). The van der Waals surface area contributed by atoms with E-state index in [-0.39, 0.29) is 43.1 Å². The first-order valence-electron chi connectivity index (χ1n) is 15.3. The van der Waals surface area contributed by atoms with Gasteiger partial charge >= 0.3 is 18.2 Å². The second-order valence-corrected chi connectivity index (χ2v) is 11.5. The van der Waals surface area contributed by atoms with Gasteiger partial charge in [-0.3, -0.25) is 9.36 Å². The van der Waals surface area contributed by atoms with Crippen molar-refractivity contribution in [2.24, 2.45) is 0 Å². The number of aliphatic hydroxyl groups is 1. The number of benzene rings is 3. The molecule has 2 aromatic heterocycles. The van der Waals surface area contributed by atoms with Crippen LogP contribution in [0.1, 0.15) is 47.3 Å². The van der Waals surface area contributed by atoms with Gasteiger partial charge < -0.3 is 19.3 Å². The first-order valence-corrected chi connectivity index (χ1v) is 15.3. The fourth-order valence-electron chi connectivity index (χ4n) is 6.08. The van der Waals surface area contributed by atoms with E-state index >= 15 is 0 Å². The molecule has 2 N–H and O–H groups in total. The number of hydrogen-bond donors (Lipinski definition) is 2. The maximum absolute atomic E-state index is 14.4. The van der Waals surface area contributed by atoms with Gasteiger partial charge in [-0.2, -0.15) is 5.01 Å². The molecule has 0 aliphatic carbocycles. The summed E-state index contributed by atoms with van der Waals surface area (Å²) in [6, 6.07) is 28.6. The Kier molecular flexibility index (Phi) is 7.85. The number of rotatable bonds is 6. The summed E-state index contributed by atoms with van der Waals surface area (Å²) in [6.45, 7) is 1.01. The molecule has 2 amide bonds. The van der Waals surface area contributed by atoms with Crippen molar-refractivity contribution in [2.45, 2.75) is 44.9 Å². The van der Waals surface area contributed by atoms with Crippen LogP contribution in [0.3, 0.4) is 0 Å². The Bertz CT molecular complexity index is 2120. The van der Waals surface area contributed by atoms with E-state index in [0.717, 1.165) is 10.6 Å². The van der Waals surface area contributed by atoms with Gasteiger partial charge in [-0.25, -0.2) is 24.8 Å². The minimum absolute atomic E-state index is 0.0364. The molecule has 2 aliphatic heterocycles. The Morgan fingerprint density at radius 2 is 1.60 bits per heavy atom. The van der Waals surface area contributed by atoms with E-state index in [2.05, 4.69) is 5.43 Å². The largest absolute Gasteiger partial charge is 0.458 e. The van der Waals surface area contributed by atoms with Gasteiger partial charge in [-0.15, -0.1) is 0 Å². The predicted octanol–water partition coefficient (Wildman–Crippen LogP) is 5.06. The number of para-hydroxylation sites is 1. The number of ether oxygens (including phenoxy) is 3. The number of cyclic esters (lactones) is 1. The molecule has 2 aliphatic rings. The number of hydrogen-bond acceptors (Lipinski definition) is 9. The molecule has 48 heavy (non-hydrogen) atoms. The van der Waals surface area contributed by atoms with E-state index in [1.165, 1.54) is 10.6 Å². The predicted molar refractivity (Wildman–Crippen MR) is 172 cm³/mol. The molecule has 5 aromatic rings. The fourth-order valence-corrected chi connectivity index (χ4v) is 6.08. The molecule has 0 fully saturated rings. The van der Waals surface area contributed by atoms with Crippen molar-refractivity contribution in [3.8, 4) is 11.4 Å². The monoisotopic (exact) mass is 646 g/mol. The second-order valence-electron chi connectivity index (χ2n) is 11.5. The number of amides is 2. The minimum atomic E-state index is -2.06. The molecule has 12 heteroatoms. The van der Waals surface area contributed by atoms with Gasteiger partial charge in [0, 0.05) is 16.5 Å². The zero-order chi connectivity index (χ0) is 33.4. The molecule has 0 saturated carbocycles. The number of nitrogens with one attached hydrogen (secondary N) is 1. The second kappa shape index (κ2) is 12.3. The average Bonchev–Trinajstić information content (AvgIpc) is 3.43. The highest BCUT2D eigenvalue weighted by Crippen LogP contribution is 2.43. The van der Waals surface area contributed by atoms with Crippen LogP contribution in [0.15, 0.2) is 102 Å². The van der Waals surface area contributed by atoms with Crippen molar-refractivity contribution >= 4 is 29.1 Å². The Morgan fingerprint density at radius 1 is 0.958 bits per heavy atom. The lowest BCUT2D eigenvalue weighted by Gasteiger charge is -2.33. The zero-order valence-corrected chi connectivity index (χ0v) is 25.8. The number of carbonyl (C=O) groups excluding carboxylic acids is 3. The zero-order valence-electron chi connectivity index (χ0n) is 25.8. The van der Waals surface area contributed by atoms with Crippen molar-refractivity contribution in [1.82, 2.24) is 20.0 Å². The SMILES string of the molecule is CC[C@@]1(O)C(=O)OCc2c1cc1n(c2=O)C(N(NC(=O)OCc2ccccc2)C(=O)OCc2ccccc2)c2cc3ccccc3nc2-1. The van der Waals surface area contributed by atoms with Gasteiger partial charge in [0.05, 0.1) is 22.5 Å². The molecule has 2 atom stereocenters. The van der Waals surface area contributed by atoms with Crippen LogP contribution < -0.4 is 11.0 Å². The van der Waals surface area contributed by atoms with Crippen LogP contribution in [0.2, 0.25) is 0 Å². The highest BCUT2D eigenvalue weighted by Gasteiger charge is 2.48. The van der Waals surface area contributed by atoms with E-state index in [1.54, 1.807) is 67.6 Å². The molecule has 242 valence electrons. The highest BCUT2D eigenvalue weighted by atomic mass is 16.6. The number of nitrogens with zero attached hydrogens (tertiary/aromatic N) is 3. The standard InChI is InChI=1S/C36H30N4O8/c1-2-36(45)27-18-29-30-25(17-24-15-9-10-16-28(24)37-30)31(39(29)32(41)26(27)21-46-33(36)42)40(35(44)48-20-23-13-7-4-8-14-23)38-34(43)47-19-22-11-5-3-6-12-22/h3-18,31,45H,2,19-21H2,1H3,(H,38,43)/t31?,36-/m0/s1. The Morgan fingerprint density at radius 3 is 2.29 bits per heavy atom. The maximum atomic E-state index is 14.4. The van der Waals surface area contributed by atoms with Crippen LogP contribution in [-0.2, 0) is 44.4 Å². The Balaban J connectivity index is 1.36. The summed E-state index contributed by atoms with van der Waals surface area (Å²) in [6.07, 6.45) is -3.30. The third-order valence-electron chi connectivity index (χ3n) is 8.57. The smallest absolute Gasteiger partial charge is 0.431 e. The lowest BCUT2D eigenvalue weighted by atomic mass is 9.86. The van der Waals surface area contributed by atoms with E-state index < -0.39 is 35.5 Å². The quantitative estimate of drug-likeness (QED) is 0.147. The van der Waals surface area contributed by atoms with Crippen LogP contribution in [0.4, 0.5) is 9.59 Å². The summed E-state index contributed by atoms with van der Waals surface area (Å²) >= 11 is 0. The van der Waals surface area contributed by atoms with Crippen LogP contribution in [-0.4, -0.2) is 37.8 Å². The molecule has 4 heterocycles. The summed E-state index contributed by atoms with van der Waals surface area (Å²) < 4.78 is 17.7. The molecule has 0 spiro atoms. The number of fused-ring (bicyclic) bond motifs is 5. The van der Waals surface area contributed by atoms with E-state index in [0.29, 0.717) is 27.7 Å². The number of pyridine rings is 2. The molecule has 0 radical (unpaired) electrons. The first-order chi connectivity index (χ1) is 23.3. The fraction of sp³-hybridized carbons (Fsp3) is 0.194. The first kappa shape index (κ1) is 30.6. The molecule has 3 aromatic carbocycles. The molecule has 12 nitrogen and oxygen atoms in total.